The maximum atomic E-state index is 11.8. The van der Waals surface area contributed by atoms with E-state index in [1.807, 2.05) is 35.7 Å². The molecule has 0 bridgehead atoms. The number of fused-ring (bicyclic) bond motifs is 1. The Bertz CT molecular complexity index is 878. The van der Waals surface area contributed by atoms with E-state index < -0.39 is 12.0 Å². The van der Waals surface area contributed by atoms with E-state index in [-0.39, 0.29) is 6.04 Å². The topological polar surface area (TPSA) is 53.4 Å². The van der Waals surface area contributed by atoms with Crippen LogP contribution in [0.3, 0.4) is 0 Å². The number of rotatable bonds is 4. The van der Waals surface area contributed by atoms with E-state index in [0.29, 0.717) is 6.42 Å². The Kier molecular flexibility index (Phi) is 4.51. The van der Waals surface area contributed by atoms with E-state index in [4.69, 9.17) is 4.98 Å². The summed E-state index contributed by atoms with van der Waals surface area (Å²) in [5.74, 6) is -0.735. The second-order valence-electron chi connectivity index (χ2n) is 6.48. The zero-order valence-electron chi connectivity index (χ0n) is 13.8. The van der Waals surface area contributed by atoms with Gasteiger partial charge >= 0.3 is 5.97 Å². The van der Waals surface area contributed by atoms with Gasteiger partial charge in [0.2, 0.25) is 0 Å². The first-order valence-electron chi connectivity index (χ1n) is 8.60. The second-order valence-corrected chi connectivity index (χ2v) is 7.26. The molecule has 1 aliphatic heterocycles. The van der Waals surface area contributed by atoms with Crippen molar-refractivity contribution in [3.05, 3.63) is 64.5 Å². The highest BCUT2D eigenvalue weighted by atomic mass is 32.1. The van der Waals surface area contributed by atoms with Gasteiger partial charge < -0.3 is 5.11 Å². The van der Waals surface area contributed by atoms with Crippen molar-refractivity contribution in [2.45, 2.75) is 31.3 Å². The summed E-state index contributed by atoms with van der Waals surface area (Å²) >= 11 is 1.64. The summed E-state index contributed by atoms with van der Waals surface area (Å²) in [7, 11) is 0. The number of thiophene rings is 1. The fraction of sp³-hybridized carbons (Fsp3) is 0.300. The van der Waals surface area contributed by atoms with Crippen molar-refractivity contribution in [1.82, 2.24) is 9.88 Å². The third-order valence-corrected chi connectivity index (χ3v) is 5.62. The van der Waals surface area contributed by atoms with Crippen molar-refractivity contribution in [2.75, 3.05) is 6.54 Å². The van der Waals surface area contributed by atoms with Gasteiger partial charge in [-0.05, 0) is 53.9 Å². The molecule has 1 fully saturated rings. The van der Waals surface area contributed by atoms with Gasteiger partial charge in [-0.25, -0.2) is 0 Å². The predicted octanol–water partition coefficient (Wildman–Crippen LogP) is 4.32. The van der Waals surface area contributed by atoms with Crippen LogP contribution in [-0.4, -0.2) is 33.5 Å². The molecule has 3 heterocycles. The van der Waals surface area contributed by atoms with Gasteiger partial charge in [-0.3, -0.25) is 14.7 Å². The molecule has 1 aliphatic rings. The SMILES string of the molecule is O=C(O)C1CCCCN1C(c1ccsc1)c1ccc2ccccc2n1. The van der Waals surface area contributed by atoms with Crippen molar-refractivity contribution in [3.8, 4) is 0 Å². The van der Waals surface area contributed by atoms with E-state index in [0.717, 1.165) is 41.5 Å². The van der Waals surface area contributed by atoms with Crippen LogP contribution in [0.5, 0.6) is 0 Å². The number of benzene rings is 1. The molecule has 2 aromatic heterocycles. The third-order valence-electron chi connectivity index (χ3n) is 4.92. The lowest BCUT2D eigenvalue weighted by Gasteiger charge is -2.38. The number of hydrogen-bond donors (Lipinski definition) is 1. The molecule has 0 amide bonds. The van der Waals surface area contributed by atoms with E-state index in [2.05, 4.69) is 22.4 Å². The average Bonchev–Trinajstić information content (AvgIpc) is 3.16. The number of para-hydroxylation sites is 1. The van der Waals surface area contributed by atoms with Crippen LogP contribution in [0.2, 0.25) is 0 Å². The third kappa shape index (κ3) is 3.17. The Balaban J connectivity index is 1.81. The molecular formula is C20H20N2O2S. The molecule has 3 aromatic rings. The van der Waals surface area contributed by atoms with Crippen LogP contribution in [0, 0.1) is 0 Å². The molecule has 4 nitrogen and oxygen atoms in total. The number of aromatic nitrogens is 1. The van der Waals surface area contributed by atoms with Crippen LogP contribution in [0.4, 0.5) is 0 Å². The van der Waals surface area contributed by atoms with Gasteiger partial charge in [0.25, 0.3) is 0 Å². The van der Waals surface area contributed by atoms with Crippen LogP contribution < -0.4 is 0 Å². The number of carboxylic acids is 1. The lowest BCUT2D eigenvalue weighted by Crippen LogP contribution is -2.47. The van der Waals surface area contributed by atoms with Crippen molar-refractivity contribution in [1.29, 1.82) is 0 Å². The minimum Gasteiger partial charge on any atom is -0.480 e. The fourth-order valence-corrected chi connectivity index (χ4v) is 4.40. The average molecular weight is 352 g/mol. The number of hydrogen-bond acceptors (Lipinski definition) is 4. The number of pyridine rings is 1. The Morgan fingerprint density at radius 2 is 2.08 bits per heavy atom. The van der Waals surface area contributed by atoms with Crippen molar-refractivity contribution >= 4 is 28.2 Å². The molecular weight excluding hydrogens is 332 g/mol. The molecule has 0 radical (unpaired) electrons. The van der Waals surface area contributed by atoms with Gasteiger partial charge in [0.05, 0.1) is 17.3 Å². The Morgan fingerprint density at radius 3 is 2.88 bits per heavy atom. The summed E-state index contributed by atoms with van der Waals surface area (Å²) in [5, 5.41) is 15.0. The van der Waals surface area contributed by atoms with E-state index in [1.165, 1.54) is 0 Å². The maximum absolute atomic E-state index is 11.8. The predicted molar refractivity (Wildman–Crippen MR) is 99.9 cm³/mol. The molecule has 0 spiro atoms. The molecule has 1 aromatic carbocycles. The van der Waals surface area contributed by atoms with Crippen LogP contribution in [0.25, 0.3) is 10.9 Å². The lowest BCUT2D eigenvalue weighted by atomic mass is 9.95. The van der Waals surface area contributed by atoms with Crippen LogP contribution in [0.1, 0.15) is 36.6 Å². The normalized spacial score (nSPS) is 19.8. The van der Waals surface area contributed by atoms with Crippen molar-refractivity contribution in [3.63, 3.8) is 0 Å². The van der Waals surface area contributed by atoms with E-state index >= 15 is 0 Å². The van der Waals surface area contributed by atoms with Gasteiger partial charge in [-0.15, -0.1) is 0 Å². The minimum atomic E-state index is -0.735. The minimum absolute atomic E-state index is 0.114. The zero-order chi connectivity index (χ0) is 17.2. The molecule has 0 saturated carbocycles. The molecule has 2 atom stereocenters. The molecule has 2 unspecified atom stereocenters. The summed E-state index contributed by atoms with van der Waals surface area (Å²) in [6.07, 6.45) is 2.69. The fourth-order valence-electron chi connectivity index (χ4n) is 3.72. The smallest absolute Gasteiger partial charge is 0.320 e. The molecule has 4 rings (SSSR count). The standard InChI is InChI=1S/C20H20N2O2S/c23-20(24)18-7-3-4-11-22(18)19(15-10-12-25-13-15)17-9-8-14-5-1-2-6-16(14)21-17/h1-2,5-6,8-10,12-13,18-19H,3-4,7,11H2,(H,23,24). The molecule has 1 saturated heterocycles. The summed E-state index contributed by atoms with van der Waals surface area (Å²) in [6, 6.07) is 13.7. The van der Waals surface area contributed by atoms with Crippen molar-refractivity contribution in [2.24, 2.45) is 0 Å². The summed E-state index contributed by atoms with van der Waals surface area (Å²) in [6.45, 7) is 0.784. The summed E-state index contributed by atoms with van der Waals surface area (Å²) in [5.41, 5.74) is 3.00. The molecule has 25 heavy (non-hydrogen) atoms. The van der Waals surface area contributed by atoms with Gasteiger partial charge in [0.1, 0.15) is 6.04 Å². The molecule has 5 heteroatoms. The van der Waals surface area contributed by atoms with Gasteiger partial charge in [0.15, 0.2) is 0 Å². The number of piperidine rings is 1. The summed E-state index contributed by atoms with van der Waals surface area (Å²) < 4.78 is 0. The van der Waals surface area contributed by atoms with Gasteiger partial charge in [0, 0.05) is 5.39 Å². The summed E-state index contributed by atoms with van der Waals surface area (Å²) in [4.78, 5) is 18.8. The first-order chi connectivity index (χ1) is 12.2. The quantitative estimate of drug-likeness (QED) is 0.759. The zero-order valence-corrected chi connectivity index (χ0v) is 14.7. The molecule has 0 aliphatic carbocycles. The number of carboxylic acid groups (broad SMARTS) is 1. The monoisotopic (exact) mass is 352 g/mol. The second kappa shape index (κ2) is 6.94. The van der Waals surface area contributed by atoms with Crippen LogP contribution >= 0.6 is 11.3 Å². The Labute approximate surface area is 150 Å². The maximum Gasteiger partial charge on any atom is 0.320 e. The first kappa shape index (κ1) is 16.2. The number of likely N-dealkylation sites (tertiary alicyclic amines) is 1. The van der Waals surface area contributed by atoms with E-state index in [1.54, 1.807) is 11.3 Å². The first-order valence-corrected chi connectivity index (χ1v) is 9.54. The number of aliphatic carboxylic acids is 1. The Morgan fingerprint density at radius 1 is 1.20 bits per heavy atom. The van der Waals surface area contributed by atoms with Gasteiger partial charge in [-0.2, -0.15) is 11.3 Å². The highest BCUT2D eigenvalue weighted by molar-refractivity contribution is 7.08. The number of carbonyl (C=O) groups is 1. The largest absolute Gasteiger partial charge is 0.480 e. The van der Waals surface area contributed by atoms with E-state index in [9.17, 15) is 9.90 Å². The van der Waals surface area contributed by atoms with Crippen molar-refractivity contribution < 1.29 is 9.90 Å². The van der Waals surface area contributed by atoms with Gasteiger partial charge in [-0.1, -0.05) is 30.7 Å². The number of nitrogens with zero attached hydrogens (tertiary/aromatic N) is 2. The van der Waals surface area contributed by atoms with Crippen LogP contribution in [0.15, 0.2) is 53.2 Å². The molecule has 1 N–H and O–H groups in total. The highest BCUT2D eigenvalue weighted by Crippen LogP contribution is 2.35. The lowest BCUT2D eigenvalue weighted by molar-refractivity contribution is -0.145. The van der Waals surface area contributed by atoms with Crippen LogP contribution in [-0.2, 0) is 4.79 Å². The molecule has 128 valence electrons. The highest BCUT2D eigenvalue weighted by Gasteiger charge is 2.35. The Hall–Kier alpha value is -2.24.